The minimum atomic E-state index is -0.977. The molecule has 1 N–H and O–H groups in total. The summed E-state index contributed by atoms with van der Waals surface area (Å²) >= 11 is 0. The molecule has 0 aliphatic heterocycles. The third-order valence-electron chi connectivity index (χ3n) is 3.81. The first-order chi connectivity index (χ1) is 10.1. The van der Waals surface area contributed by atoms with E-state index in [1.54, 1.807) is 0 Å². The van der Waals surface area contributed by atoms with E-state index in [2.05, 4.69) is 5.10 Å². The lowest BCUT2D eigenvalue weighted by Crippen LogP contribution is -2.41. The second-order valence-electron chi connectivity index (χ2n) is 6.38. The summed E-state index contributed by atoms with van der Waals surface area (Å²) in [6, 6.07) is 0. The first-order valence-corrected chi connectivity index (χ1v) is 7.63. The monoisotopic (exact) mass is 309 g/mol. The molecule has 0 aliphatic carbocycles. The van der Waals surface area contributed by atoms with Crippen LogP contribution in [0.2, 0.25) is 0 Å². The van der Waals surface area contributed by atoms with Crippen LogP contribution in [-0.4, -0.2) is 44.8 Å². The molecule has 0 unspecified atom stereocenters. The Morgan fingerprint density at radius 3 is 2.27 bits per heavy atom. The van der Waals surface area contributed by atoms with E-state index in [-0.39, 0.29) is 24.3 Å². The average molecular weight is 309 g/mol. The van der Waals surface area contributed by atoms with Crippen molar-refractivity contribution in [1.82, 2.24) is 14.7 Å². The van der Waals surface area contributed by atoms with E-state index >= 15 is 0 Å². The maximum absolute atomic E-state index is 12.6. The molecular weight excluding hydrogens is 282 g/mol. The zero-order valence-corrected chi connectivity index (χ0v) is 14.4. The average Bonchev–Trinajstić information content (AvgIpc) is 2.62. The van der Waals surface area contributed by atoms with E-state index in [1.165, 1.54) is 4.90 Å². The molecule has 0 fully saturated rings. The lowest BCUT2D eigenvalue weighted by Gasteiger charge is -2.26. The molecule has 0 aliphatic rings. The molecule has 1 amide bonds. The number of hydrogen-bond acceptors (Lipinski definition) is 3. The third kappa shape index (κ3) is 4.58. The molecule has 1 aromatic heterocycles. The van der Waals surface area contributed by atoms with Crippen molar-refractivity contribution in [3.8, 4) is 0 Å². The van der Waals surface area contributed by atoms with E-state index < -0.39 is 5.97 Å². The molecule has 0 bridgehead atoms. The van der Waals surface area contributed by atoms with Gasteiger partial charge >= 0.3 is 5.97 Å². The quantitative estimate of drug-likeness (QED) is 0.833. The van der Waals surface area contributed by atoms with Crippen molar-refractivity contribution in [2.75, 3.05) is 13.1 Å². The van der Waals surface area contributed by atoms with E-state index in [4.69, 9.17) is 5.11 Å². The summed E-state index contributed by atoms with van der Waals surface area (Å²) in [5.41, 5.74) is 3.04. The van der Waals surface area contributed by atoms with Crippen LogP contribution in [0, 0.1) is 25.7 Å². The SMILES string of the molecule is Cc1nn(C)c(C)c1C[C@H](C)C(=O)N(CC(=O)O)CC(C)C. The fraction of sp³-hybridized carbons (Fsp3) is 0.688. The van der Waals surface area contributed by atoms with E-state index in [1.807, 2.05) is 46.3 Å². The summed E-state index contributed by atoms with van der Waals surface area (Å²) in [6.45, 7) is 9.93. The summed E-state index contributed by atoms with van der Waals surface area (Å²) in [5, 5.41) is 13.4. The van der Waals surface area contributed by atoms with Crippen molar-refractivity contribution in [1.29, 1.82) is 0 Å². The van der Waals surface area contributed by atoms with Gasteiger partial charge in [0.2, 0.25) is 5.91 Å². The molecule has 0 saturated carbocycles. The predicted octanol–water partition coefficient (Wildman–Crippen LogP) is 1.78. The van der Waals surface area contributed by atoms with E-state index in [0.717, 1.165) is 17.0 Å². The minimum absolute atomic E-state index is 0.112. The lowest BCUT2D eigenvalue weighted by atomic mass is 9.98. The number of carboxylic acid groups (broad SMARTS) is 1. The van der Waals surface area contributed by atoms with Gasteiger partial charge in [-0.25, -0.2) is 0 Å². The lowest BCUT2D eigenvalue weighted by molar-refractivity contribution is -0.146. The first-order valence-electron chi connectivity index (χ1n) is 7.63. The van der Waals surface area contributed by atoms with Gasteiger partial charge in [-0.05, 0) is 31.7 Å². The molecule has 1 heterocycles. The summed E-state index contributed by atoms with van der Waals surface area (Å²) in [5.74, 6) is -1.12. The number of carbonyl (C=O) groups is 2. The van der Waals surface area contributed by atoms with Gasteiger partial charge in [0.1, 0.15) is 6.54 Å². The van der Waals surface area contributed by atoms with Gasteiger partial charge in [0.05, 0.1) is 5.69 Å². The number of carbonyl (C=O) groups excluding carboxylic acids is 1. The van der Waals surface area contributed by atoms with Crippen LogP contribution in [0.1, 0.15) is 37.7 Å². The van der Waals surface area contributed by atoms with Gasteiger partial charge in [-0.3, -0.25) is 14.3 Å². The van der Waals surface area contributed by atoms with Crippen LogP contribution in [0.25, 0.3) is 0 Å². The first kappa shape index (κ1) is 18.2. The number of nitrogens with zero attached hydrogens (tertiary/aromatic N) is 3. The fourth-order valence-corrected chi connectivity index (χ4v) is 2.65. The van der Waals surface area contributed by atoms with Crippen molar-refractivity contribution in [2.45, 2.75) is 41.0 Å². The summed E-state index contributed by atoms with van der Waals surface area (Å²) in [4.78, 5) is 25.0. The van der Waals surface area contributed by atoms with E-state index in [0.29, 0.717) is 13.0 Å². The second-order valence-corrected chi connectivity index (χ2v) is 6.38. The van der Waals surface area contributed by atoms with Crippen LogP contribution >= 0.6 is 0 Å². The maximum Gasteiger partial charge on any atom is 0.323 e. The summed E-state index contributed by atoms with van der Waals surface area (Å²) in [6.07, 6.45) is 0.582. The predicted molar refractivity (Wildman–Crippen MR) is 84.6 cm³/mol. The van der Waals surface area contributed by atoms with Crippen molar-refractivity contribution in [3.05, 3.63) is 17.0 Å². The number of rotatable bonds is 7. The van der Waals surface area contributed by atoms with Gasteiger partial charge in [-0.15, -0.1) is 0 Å². The molecule has 1 atom stereocenters. The Balaban J connectivity index is 2.86. The molecule has 0 spiro atoms. The highest BCUT2D eigenvalue weighted by atomic mass is 16.4. The number of hydrogen-bond donors (Lipinski definition) is 1. The second kappa shape index (κ2) is 7.42. The summed E-state index contributed by atoms with van der Waals surface area (Å²) in [7, 11) is 1.88. The Morgan fingerprint density at radius 1 is 1.27 bits per heavy atom. The zero-order valence-electron chi connectivity index (χ0n) is 14.4. The number of amides is 1. The summed E-state index contributed by atoms with van der Waals surface area (Å²) < 4.78 is 1.81. The minimum Gasteiger partial charge on any atom is -0.480 e. The van der Waals surface area contributed by atoms with Gasteiger partial charge in [0, 0.05) is 25.2 Å². The smallest absolute Gasteiger partial charge is 0.323 e. The van der Waals surface area contributed by atoms with Gasteiger partial charge < -0.3 is 10.0 Å². The van der Waals surface area contributed by atoms with Crippen LogP contribution in [-0.2, 0) is 23.1 Å². The van der Waals surface area contributed by atoms with Crippen LogP contribution in [0.15, 0.2) is 0 Å². The number of aliphatic carboxylic acids is 1. The van der Waals surface area contributed by atoms with Crippen LogP contribution < -0.4 is 0 Å². The maximum atomic E-state index is 12.6. The highest BCUT2D eigenvalue weighted by Gasteiger charge is 2.25. The molecule has 0 radical (unpaired) electrons. The molecule has 0 aromatic carbocycles. The molecule has 124 valence electrons. The Bertz CT molecular complexity index is 549. The van der Waals surface area contributed by atoms with Crippen LogP contribution in [0.5, 0.6) is 0 Å². The standard InChI is InChI=1S/C16H27N3O3/c1-10(2)8-19(9-15(20)21)16(22)11(3)7-14-12(4)17-18(6)13(14)5/h10-11H,7-9H2,1-6H3,(H,20,21)/t11-/m0/s1. The largest absolute Gasteiger partial charge is 0.480 e. The number of aromatic nitrogens is 2. The Kier molecular flexibility index (Phi) is 6.14. The molecule has 1 rings (SSSR count). The van der Waals surface area contributed by atoms with Crippen molar-refractivity contribution >= 4 is 11.9 Å². The Morgan fingerprint density at radius 2 is 1.86 bits per heavy atom. The van der Waals surface area contributed by atoms with Gasteiger partial charge in [0.25, 0.3) is 0 Å². The highest BCUT2D eigenvalue weighted by molar-refractivity contribution is 5.83. The van der Waals surface area contributed by atoms with Crippen LogP contribution in [0.4, 0.5) is 0 Å². The van der Waals surface area contributed by atoms with Gasteiger partial charge in [-0.1, -0.05) is 20.8 Å². The molecule has 6 nitrogen and oxygen atoms in total. The van der Waals surface area contributed by atoms with Crippen molar-refractivity contribution in [3.63, 3.8) is 0 Å². The molecule has 22 heavy (non-hydrogen) atoms. The third-order valence-corrected chi connectivity index (χ3v) is 3.81. The fourth-order valence-electron chi connectivity index (χ4n) is 2.65. The molecule has 6 heteroatoms. The van der Waals surface area contributed by atoms with Crippen molar-refractivity contribution in [2.24, 2.45) is 18.9 Å². The highest BCUT2D eigenvalue weighted by Crippen LogP contribution is 2.18. The Labute approximate surface area is 132 Å². The Hall–Kier alpha value is -1.85. The normalized spacial score (nSPS) is 12.5. The molecule has 0 saturated heterocycles. The number of carboxylic acids is 1. The molecule has 1 aromatic rings. The topological polar surface area (TPSA) is 75.4 Å². The van der Waals surface area contributed by atoms with Gasteiger partial charge in [0.15, 0.2) is 0 Å². The molecular formula is C16H27N3O3. The van der Waals surface area contributed by atoms with Crippen molar-refractivity contribution < 1.29 is 14.7 Å². The zero-order chi connectivity index (χ0) is 17.0. The van der Waals surface area contributed by atoms with Gasteiger partial charge in [-0.2, -0.15) is 5.10 Å². The van der Waals surface area contributed by atoms with E-state index in [9.17, 15) is 9.59 Å². The number of aryl methyl sites for hydroxylation is 2. The van der Waals surface area contributed by atoms with Crippen LogP contribution in [0.3, 0.4) is 0 Å².